The normalized spacial score (nSPS) is 26.7. The molecule has 2 aliphatic rings. The van der Waals surface area contributed by atoms with E-state index in [1.807, 2.05) is 42.3 Å². The van der Waals surface area contributed by atoms with Crippen LogP contribution in [0.3, 0.4) is 0 Å². The van der Waals surface area contributed by atoms with Crippen LogP contribution >= 0.6 is 12.4 Å². The summed E-state index contributed by atoms with van der Waals surface area (Å²) in [6.45, 7) is 0. The summed E-state index contributed by atoms with van der Waals surface area (Å²) in [5.74, 6) is 0.446. The third kappa shape index (κ3) is 2.61. The van der Waals surface area contributed by atoms with Crippen molar-refractivity contribution in [1.82, 2.24) is 10.2 Å². The second-order valence-electron chi connectivity index (χ2n) is 6.33. The van der Waals surface area contributed by atoms with Crippen molar-refractivity contribution in [1.29, 1.82) is 0 Å². The minimum absolute atomic E-state index is 0. The van der Waals surface area contributed by atoms with Gasteiger partial charge in [0.15, 0.2) is 5.76 Å². The third-order valence-electron chi connectivity index (χ3n) is 4.95. The molecule has 0 saturated carbocycles. The van der Waals surface area contributed by atoms with Gasteiger partial charge in [-0.25, -0.2) is 0 Å². The molecule has 1 aromatic carbocycles. The summed E-state index contributed by atoms with van der Waals surface area (Å²) in [7, 11) is 1.91. The minimum Gasteiger partial charge on any atom is -0.451 e. The summed E-state index contributed by atoms with van der Waals surface area (Å²) in [4.78, 5) is 14.5. The van der Waals surface area contributed by atoms with Crippen LogP contribution in [0.15, 0.2) is 34.7 Å². The molecular formula is C17H21ClN2O2. The van der Waals surface area contributed by atoms with Crippen LogP contribution in [0.2, 0.25) is 0 Å². The highest BCUT2D eigenvalue weighted by Gasteiger charge is 2.37. The van der Waals surface area contributed by atoms with E-state index < -0.39 is 0 Å². The fraction of sp³-hybridized carbons (Fsp3) is 0.471. The summed E-state index contributed by atoms with van der Waals surface area (Å²) >= 11 is 0. The summed E-state index contributed by atoms with van der Waals surface area (Å²) in [6, 6.07) is 11.1. The van der Waals surface area contributed by atoms with E-state index in [-0.39, 0.29) is 18.3 Å². The highest BCUT2D eigenvalue weighted by Crippen LogP contribution is 2.30. The molecular weight excluding hydrogens is 300 g/mol. The first-order chi connectivity index (χ1) is 10.2. The summed E-state index contributed by atoms with van der Waals surface area (Å²) < 4.78 is 5.70. The fourth-order valence-corrected chi connectivity index (χ4v) is 3.77. The number of halogens is 1. The van der Waals surface area contributed by atoms with Crippen LogP contribution in [0.25, 0.3) is 11.0 Å². The van der Waals surface area contributed by atoms with Gasteiger partial charge in [-0.2, -0.15) is 0 Å². The Bertz CT molecular complexity index is 639. The molecule has 2 aliphatic heterocycles. The van der Waals surface area contributed by atoms with Gasteiger partial charge >= 0.3 is 0 Å². The average Bonchev–Trinajstić information content (AvgIpc) is 3.08. The number of fused-ring (bicyclic) bond motifs is 3. The highest BCUT2D eigenvalue weighted by molar-refractivity contribution is 5.96. The Labute approximate surface area is 136 Å². The number of rotatable bonds is 2. The van der Waals surface area contributed by atoms with E-state index in [9.17, 15) is 4.79 Å². The molecule has 2 bridgehead atoms. The lowest BCUT2D eigenvalue weighted by Gasteiger charge is -2.35. The van der Waals surface area contributed by atoms with Crippen LogP contribution in [0.5, 0.6) is 0 Å². The van der Waals surface area contributed by atoms with Crippen molar-refractivity contribution in [3.8, 4) is 0 Å². The summed E-state index contributed by atoms with van der Waals surface area (Å²) in [5.41, 5.74) is 0.777. The molecule has 2 fully saturated rings. The Morgan fingerprint density at radius 3 is 2.59 bits per heavy atom. The predicted octanol–water partition coefficient (Wildman–Crippen LogP) is 3.21. The van der Waals surface area contributed by atoms with Gasteiger partial charge in [0.05, 0.1) is 0 Å². The first-order valence-electron chi connectivity index (χ1n) is 7.72. The van der Waals surface area contributed by atoms with E-state index in [4.69, 9.17) is 4.42 Å². The number of benzene rings is 1. The second kappa shape index (κ2) is 5.94. The highest BCUT2D eigenvalue weighted by atomic mass is 35.5. The topological polar surface area (TPSA) is 45.5 Å². The molecule has 2 aromatic rings. The molecule has 1 N–H and O–H groups in total. The Hall–Kier alpha value is -1.52. The van der Waals surface area contributed by atoms with Gasteiger partial charge in [0.25, 0.3) is 5.91 Å². The second-order valence-corrected chi connectivity index (χ2v) is 6.33. The number of hydrogen-bond donors (Lipinski definition) is 1. The molecule has 5 heteroatoms. The molecule has 0 spiro atoms. The van der Waals surface area contributed by atoms with Gasteiger partial charge in [0.1, 0.15) is 5.58 Å². The van der Waals surface area contributed by atoms with E-state index in [1.165, 1.54) is 12.8 Å². The van der Waals surface area contributed by atoms with E-state index in [0.29, 0.717) is 23.9 Å². The number of piperidine rings is 1. The third-order valence-corrected chi connectivity index (χ3v) is 4.95. The van der Waals surface area contributed by atoms with Crippen molar-refractivity contribution in [3.05, 3.63) is 36.1 Å². The largest absolute Gasteiger partial charge is 0.451 e. The lowest BCUT2D eigenvalue weighted by atomic mass is 9.98. The van der Waals surface area contributed by atoms with Crippen molar-refractivity contribution in [2.24, 2.45) is 0 Å². The molecule has 1 amide bonds. The van der Waals surface area contributed by atoms with Gasteiger partial charge in [-0.1, -0.05) is 18.2 Å². The smallest absolute Gasteiger partial charge is 0.289 e. The average molecular weight is 321 g/mol. The molecule has 4 rings (SSSR count). The summed E-state index contributed by atoms with van der Waals surface area (Å²) in [6.07, 6.45) is 4.60. The molecule has 4 nitrogen and oxygen atoms in total. The SMILES string of the molecule is CN(C(=O)c1cc2ccccc2o1)C1CC2CCC(C1)N2.Cl. The van der Waals surface area contributed by atoms with Gasteiger partial charge in [-0.3, -0.25) is 4.79 Å². The number of carbonyl (C=O) groups excluding carboxylic acids is 1. The van der Waals surface area contributed by atoms with Crippen molar-refractivity contribution >= 4 is 29.3 Å². The molecule has 2 unspecified atom stereocenters. The van der Waals surface area contributed by atoms with Crippen LogP contribution < -0.4 is 5.32 Å². The molecule has 0 radical (unpaired) electrons. The molecule has 3 heterocycles. The number of furan rings is 1. The maximum Gasteiger partial charge on any atom is 0.289 e. The molecule has 2 atom stereocenters. The van der Waals surface area contributed by atoms with Crippen LogP contribution in [0, 0.1) is 0 Å². The zero-order chi connectivity index (χ0) is 14.4. The van der Waals surface area contributed by atoms with Crippen molar-refractivity contribution in [2.45, 2.75) is 43.8 Å². The van der Waals surface area contributed by atoms with Crippen LogP contribution in [0.4, 0.5) is 0 Å². The monoisotopic (exact) mass is 320 g/mol. The molecule has 1 aromatic heterocycles. The number of amides is 1. The van der Waals surface area contributed by atoms with Crippen molar-refractivity contribution in [3.63, 3.8) is 0 Å². The summed E-state index contributed by atoms with van der Waals surface area (Å²) in [5, 5.41) is 4.60. The molecule has 0 aliphatic carbocycles. The first kappa shape index (κ1) is 15.4. The van der Waals surface area contributed by atoms with Gasteiger partial charge in [0, 0.05) is 30.6 Å². The van der Waals surface area contributed by atoms with Gasteiger partial charge in [-0.05, 0) is 37.8 Å². The van der Waals surface area contributed by atoms with Crippen molar-refractivity contribution in [2.75, 3.05) is 7.05 Å². The molecule has 118 valence electrons. The van der Waals surface area contributed by atoms with E-state index in [0.717, 1.165) is 23.8 Å². The standard InChI is InChI=1S/C17H20N2O2.ClH/c1-19(14-9-12-6-7-13(10-14)18-12)17(20)16-8-11-4-2-3-5-15(11)21-16;/h2-5,8,12-14,18H,6-7,9-10H2,1H3;1H. The number of carbonyl (C=O) groups is 1. The fourth-order valence-electron chi connectivity index (χ4n) is 3.77. The van der Waals surface area contributed by atoms with E-state index in [2.05, 4.69) is 5.32 Å². The molecule has 22 heavy (non-hydrogen) atoms. The van der Waals surface area contributed by atoms with Gasteiger partial charge < -0.3 is 14.6 Å². The minimum atomic E-state index is -0.00231. The first-order valence-corrected chi connectivity index (χ1v) is 7.72. The Morgan fingerprint density at radius 2 is 1.91 bits per heavy atom. The maximum atomic E-state index is 12.7. The van der Waals surface area contributed by atoms with Crippen LogP contribution in [0.1, 0.15) is 36.2 Å². The Balaban J connectivity index is 0.00000144. The van der Waals surface area contributed by atoms with Crippen molar-refractivity contribution < 1.29 is 9.21 Å². The number of nitrogens with one attached hydrogen (secondary N) is 1. The van der Waals surface area contributed by atoms with Crippen LogP contribution in [-0.4, -0.2) is 36.0 Å². The number of para-hydroxylation sites is 1. The zero-order valence-electron chi connectivity index (χ0n) is 12.6. The zero-order valence-corrected chi connectivity index (χ0v) is 13.4. The van der Waals surface area contributed by atoms with Gasteiger partial charge in [0.2, 0.25) is 0 Å². The lowest BCUT2D eigenvalue weighted by Crippen LogP contribution is -2.48. The van der Waals surface area contributed by atoms with Crippen LogP contribution in [-0.2, 0) is 0 Å². The van der Waals surface area contributed by atoms with Gasteiger partial charge in [-0.15, -0.1) is 12.4 Å². The predicted molar refractivity (Wildman–Crippen MR) is 88.5 cm³/mol. The Kier molecular flexibility index (Phi) is 4.15. The molecule has 2 saturated heterocycles. The number of hydrogen-bond acceptors (Lipinski definition) is 3. The van der Waals surface area contributed by atoms with E-state index in [1.54, 1.807) is 0 Å². The quantitative estimate of drug-likeness (QED) is 0.924. The maximum absolute atomic E-state index is 12.7. The van der Waals surface area contributed by atoms with E-state index >= 15 is 0 Å². The Morgan fingerprint density at radius 1 is 1.23 bits per heavy atom. The lowest BCUT2D eigenvalue weighted by molar-refractivity contribution is 0.0652. The number of nitrogens with zero attached hydrogens (tertiary/aromatic N) is 1.